The molecule has 0 saturated heterocycles. The lowest BCUT2D eigenvalue weighted by molar-refractivity contribution is -0.123. The van der Waals surface area contributed by atoms with E-state index < -0.39 is 93.5 Å². The van der Waals surface area contributed by atoms with Gasteiger partial charge in [0.2, 0.25) is 15.9 Å². The number of ether oxygens (including phenoxy) is 1. The molecule has 0 spiro atoms. The van der Waals surface area contributed by atoms with Crippen molar-refractivity contribution < 1.29 is 48.7 Å². The zero-order chi connectivity index (χ0) is 46.3. The van der Waals surface area contributed by atoms with E-state index in [9.17, 15) is 40.0 Å². The van der Waals surface area contributed by atoms with Gasteiger partial charge in [0, 0.05) is 37.1 Å². The monoisotopic (exact) mass is 942 g/mol. The second-order valence-corrected chi connectivity index (χ2v) is 18.1. The molecular formula is C43H34ClF7N8O5S. The van der Waals surface area contributed by atoms with Crippen LogP contribution in [0.15, 0.2) is 77.6 Å². The van der Waals surface area contributed by atoms with Crippen molar-refractivity contribution in [1.82, 2.24) is 34.4 Å². The minimum absolute atomic E-state index is 0.0143. The average Bonchev–Trinajstić information content (AvgIpc) is 3.78. The summed E-state index contributed by atoms with van der Waals surface area (Å²) in [4.78, 5) is 33.4. The Morgan fingerprint density at radius 2 is 1.69 bits per heavy atom. The molecule has 22 heteroatoms. The van der Waals surface area contributed by atoms with Gasteiger partial charge in [0.25, 0.3) is 17.9 Å². The Bertz CT molecular complexity index is 3230. The normalized spacial score (nSPS) is 16.8. The minimum Gasteiger partial charge on any atom is -0.497 e. The maximum atomic E-state index is 15.5. The molecule has 7 aromatic rings. The number of aryl methyl sites for hydroxylation is 2. The van der Waals surface area contributed by atoms with Crippen LogP contribution < -0.4 is 20.3 Å². The Hall–Kier alpha value is -6.48. The van der Waals surface area contributed by atoms with E-state index in [0.29, 0.717) is 22.1 Å². The van der Waals surface area contributed by atoms with Crippen LogP contribution >= 0.6 is 11.6 Å². The summed E-state index contributed by atoms with van der Waals surface area (Å²) < 4.78 is 141. The van der Waals surface area contributed by atoms with E-state index in [4.69, 9.17) is 16.3 Å². The first-order chi connectivity index (χ1) is 30.8. The van der Waals surface area contributed by atoms with Gasteiger partial charge in [0.1, 0.15) is 47.0 Å². The fraction of sp³-hybridized carbons (Fsp3) is 0.279. The molecule has 13 nitrogen and oxygen atoms in total. The van der Waals surface area contributed by atoms with Crippen LogP contribution in [0.4, 0.5) is 36.6 Å². The summed E-state index contributed by atoms with van der Waals surface area (Å²) in [5.74, 6) is -10.0. The number of nitrogens with zero attached hydrogens (tertiary/aromatic N) is 6. The molecule has 338 valence electrons. The highest BCUT2D eigenvalue weighted by atomic mass is 35.5. The molecule has 2 aliphatic carbocycles. The molecular weight excluding hydrogens is 909 g/mol. The number of anilines is 1. The first-order valence-corrected chi connectivity index (χ1v) is 21.9. The van der Waals surface area contributed by atoms with Crippen molar-refractivity contribution in [3.63, 3.8) is 0 Å². The number of hydrogen-bond acceptors (Lipinski definition) is 8. The van der Waals surface area contributed by atoms with Gasteiger partial charge in [-0.1, -0.05) is 23.7 Å². The highest BCUT2D eigenvalue weighted by Crippen LogP contribution is 2.68. The van der Waals surface area contributed by atoms with Gasteiger partial charge < -0.3 is 10.1 Å². The molecule has 65 heavy (non-hydrogen) atoms. The zero-order valence-electron chi connectivity index (χ0n) is 33.9. The third-order valence-electron chi connectivity index (χ3n) is 11.6. The van der Waals surface area contributed by atoms with Crippen molar-refractivity contribution in [2.45, 2.75) is 50.1 Å². The molecule has 0 unspecified atom stereocenters. The van der Waals surface area contributed by atoms with Crippen molar-refractivity contribution in [3.05, 3.63) is 140 Å². The fourth-order valence-corrected chi connectivity index (χ4v) is 9.91. The van der Waals surface area contributed by atoms with E-state index in [-0.39, 0.29) is 73.9 Å². The second kappa shape index (κ2) is 16.2. The molecule has 2 N–H and O–H groups in total. The lowest BCUT2D eigenvalue weighted by Crippen LogP contribution is -2.38. The Morgan fingerprint density at radius 1 is 0.969 bits per heavy atom. The Labute approximate surface area is 368 Å². The van der Waals surface area contributed by atoms with Gasteiger partial charge in [-0.05, 0) is 78.4 Å². The fourth-order valence-electron chi connectivity index (χ4n) is 8.62. The van der Waals surface area contributed by atoms with Gasteiger partial charge in [-0.3, -0.25) is 28.2 Å². The predicted octanol–water partition coefficient (Wildman–Crippen LogP) is 7.78. The number of fused-ring (bicyclic) bond motifs is 5. The summed E-state index contributed by atoms with van der Waals surface area (Å²) in [5.41, 5.74) is -2.52. The molecule has 3 aromatic heterocycles. The van der Waals surface area contributed by atoms with Gasteiger partial charge >= 0.3 is 0 Å². The number of alkyl halides is 4. The molecule has 3 heterocycles. The van der Waals surface area contributed by atoms with Crippen molar-refractivity contribution in [1.29, 1.82) is 0 Å². The van der Waals surface area contributed by atoms with Crippen LogP contribution in [-0.4, -0.2) is 56.3 Å². The van der Waals surface area contributed by atoms with Gasteiger partial charge in [-0.15, -0.1) is 0 Å². The van der Waals surface area contributed by atoms with E-state index in [1.165, 1.54) is 31.0 Å². The number of methoxy groups -OCH3 is 1. The number of benzene rings is 4. The molecule has 0 bridgehead atoms. The molecule has 1 saturated carbocycles. The summed E-state index contributed by atoms with van der Waals surface area (Å²) in [7, 11) is -1.19. The van der Waals surface area contributed by atoms with Crippen molar-refractivity contribution in [2.24, 2.45) is 13.0 Å². The molecule has 0 radical (unpaired) electrons. The van der Waals surface area contributed by atoms with Crippen molar-refractivity contribution in [3.8, 4) is 11.4 Å². The number of nitrogens with one attached hydrogen (secondary N) is 2. The van der Waals surface area contributed by atoms with E-state index in [2.05, 4.69) is 25.2 Å². The van der Waals surface area contributed by atoms with E-state index in [1.807, 2.05) is 0 Å². The number of rotatable bonds is 14. The summed E-state index contributed by atoms with van der Waals surface area (Å²) >= 11 is 6.71. The quantitative estimate of drug-likeness (QED) is 0.105. The largest absolute Gasteiger partial charge is 0.497 e. The highest BCUT2D eigenvalue weighted by Gasteiger charge is 2.67. The molecule has 1 amide bonds. The van der Waals surface area contributed by atoms with Crippen LogP contribution in [-0.2, 0) is 47.2 Å². The third kappa shape index (κ3) is 8.04. The van der Waals surface area contributed by atoms with Crippen LogP contribution in [0, 0.1) is 23.4 Å². The second-order valence-electron chi connectivity index (χ2n) is 15.8. The molecule has 4 aromatic carbocycles. The zero-order valence-corrected chi connectivity index (χ0v) is 35.5. The Balaban J connectivity index is 1.16. The minimum atomic E-state index is -4.12. The van der Waals surface area contributed by atoms with Crippen LogP contribution in [0.2, 0.25) is 5.02 Å². The number of carbonyl (C=O) groups excluding carboxylic acids is 1. The highest BCUT2D eigenvalue weighted by molar-refractivity contribution is 7.92. The van der Waals surface area contributed by atoms with Gasteiger partial charge in [0.05, 0.1) is 51.4 Å². The topological polar surface area (TPSA) is 155 Å². The lowest BCUT2D eigenvalue weighted by Gasteiger charge is -2.24. The lowest BCUT2D eigenvalue weighted by atomic mass is 10.0. The molecule has 9 rings (SSSR count). The summed E-state index contributed by atoms with van der Waals surface area (Å²) in [6.45, 7) is -1.03. The van der Waals surface area contributed by atoms with Crippen LogP contribution in [0.1, 0.15) is 58.7 Å². The van der Waals surface area contributed by atoms with Gasteiger partial charge in [-0.2, -0.15) is 19.0 Å². The third-order valence-corrected chi connectivity index (χ3v) is 13.1. The number of halogens is 8. The number of hydrogen-bond donors (Lipinski definition) is 2. The van der Waals surface area contributed by atoms with Crippen LogP contribution in [0.5, 0.6) is 5.75 Å². The van der Waals surface area contributed by atoms with Crippen molar-refractivity contribution in [2.75, 3.05) is 17.6 Å². The molecule has 0 aliphatic heterocycles. The number of amides is 1. The smallest absolute Gasteiger partial charge is 0.293 e. The number of aromatic nitrogens is 6. The Kier molecular flexibility index (Phi) is 10.9. The standard InChI is InChI=1S/C43H34ClF7N8O5S/c1-57-37-32(10-9-29(44)35(37)40(55-57)56-65(62,63)12-11-20-3-6-25(64-2)7-4-20)59-41(53-30-17-22(45)5-8-26(30)42(59)61)31(15-21-13-23(46)16-24(47)14-21)52-33(60)19-58-38-34(36(54-58)39(48)49)27-18-28(27)43(38,50)51/h3-10,13-14,16-17,27-28,31,39H,11-12,15,18-19H2,1-2H3,(H,52,60)(H,55,56)/t27-,28+,31-/m0/s1. The molecule has 2 aliphatic rings. The maximum Gasteiger partial charge on any atom is 0.293 e. The number of carbonyl (C=O) groups is 1. The first kappa shape index (κ1) is 43.8. The first-order valence-electron chi connectivity index (χ1n) is 19.9. The number of sulfonamides is 1. The van der Waals surface area contributed by atoms with Crippen LogP contribution in [0.25, 0.3) is 27.5 Å². The summed E-state index contributed by atoms with van der Waals surface area (Å²) in [6.07, 6.45) is -3.68. The van der Waals surface area contributed by atoms with E-state index in [0.717, 1.165) is 34.9 Å². The van der Waals surface area contributed by atoms with Crippen molar-refractivity contribution >= 4 is 55.2 Å². The summed E-state index contributed by atoms with van der Waals surface area (Å²) in [5, 5.41) is 10.5. The van der Waals surface area contributed by atoms with Crippen LogP contribution in [0.3, 0.4) is 0 Å². The SMILES string of the molecule is COc1ccc(CCS(=O)(=O)Nc2nn(C)c3c(-n4c([C@H](Cc5cc(F)cc(F)c5)NC(=O)Cn5nc(C(F)F)c6c5C(F)(F)[C@@H]5C[C@H]65)nc5cc(F)ccc5c4=O)ccc(Cl)c23)cc1. The predicted molar refractivity (Wildman–Crippen MR) is 224 cm³/mol. The van der Waals surface area contributed by atoms with Gasteiger partial charge in [-0.25, -0.2) is 35.4 Å². The maximum absolute atomic E-state index is 15.5. The van der Waals surface area contributed by atoms with Gasteiger partial charge in [0.15, 0.2) is 5.82 Å². The summed E-state index contributed by atoms with van der Waals surface area (Å²) in [6, 6.07) is 13.4. The molecule has 1 fully saturated rings. The molecule has 3 atom stereocenters. The van der Waals surface area contributed by atoms with E-state index >= 15 is 8.78 Å². The average molecular weight is 943 g/mol. The Morgan fingerprint density at radius 3 is 2.38 bits per heavy atom. The van der Waals surface area contributed by atoms with E-state index in [1.54, 1.807) is 24.3 Å².